The van der Waals surface area contributed by atoms with Gasteiger partial charge in [0.05, 0.1) is 29.6 Å². The molecule has 2 amide bonds. The number of fused-ring (bicyclic) bond motifs is 2. The van der Waals surface area contributed by atoms with Gasteiger partial charge in [-0.2, -0.15) is 0 Å². The lowest BCUT2D eigenvalue weighted by molar-refractivity contribution is -0.139. The van der Waals surface area contributed by atoms with Gasteiger partial charge in [0, 0.05) is 18.0 Å². The number of rotatable bonds is 4. The Morgan fingerprint density at radius 2 is 1.50 bits per heavy atom. The highest BCUT2D eigenvalue weighted by atomic mass is 16.2. The van der Waals surface area contributed by atoms with Gasteiger partial charge in [0.1, 0.15) is 0 Å². The number of ketones is 1. The molecule has 3 aromatic rings. The van der Waals surface area contributed by atoms with Gasteiger partial charge in [0.15, 0.2) is 5.78 Å². The van der Waals surface area contributed by atoms with Gasteiger partial charge in [-0.15, -0.1) is 0 Å². The molecule has 2 aliphatic rings. The summed E-state index contributed by atoms with van der Waals surface area (Å²) in [5.41, 5.74) is 3.29. The number of Topliss-reactive ketones (excluding diaryl/α,β-unsaturated/α-hetero) is 1. The maximum absolute atomic E-state index is 13.6. The first-order chi connectivity index (χ1) is 14.6. The maximum atomic E-state index is 13.6. The molecule has 0 bridgehead atoms. The second-order valence-electron chi connectivity index (χ2n) is 8.35. The third-order valence-corrected chi connectivity index (χ3v) is 6.67. The summed E-state index contributed by atoms with van der Waals surface area (Å²) in [6.07, 6.45) is 3.46. The van der Waals surface area contributed by atoms with Crippen LogP contribution in [-0.4, -0.2) is 33.6 Å². The molecule has 1 saturated heterocycles. The van der Waals surface area contributed by atoms with E-state index >= 15 is 0 Å². The third-order valence-electron chi connectivity index (χ3n) is 6.67. The number of aryl methyl sites for hydroxylation is 1. The Balaban J connectivity index is 1.57. The Morgan fingerprint density at radius 1 is 0.900 bits per heavy atom. The van der Waals surface area contributed by atoms with E-state index < -0.39 is 0 Å². The minimum atomic E-state index is -0.236. The van der Waals surface area contributed by atoms with Crippen molar-refractivity contribution in [3.8, 4) is 11.3 Å². The van der Waals surface area contributed by atoms with Gasteiger partial charge in [-0.25, -0.2) is 0 Å². The number of amides is 2. The van der Waals surface area contributed by atoms with E-state index in [4.69, 9.17) is 0 Å². The molecule has 0 N–H and O–H groups in total. The molecule has 5 heteroatoms. The van der Waals surface area contributed by atoms with Crippen LogP contribution in [0.15, 0.2) is 54.6 Å². The average Bonchev–Trinajstić information content (AvgIpc) is 3.21. The van der Waals surface area contributed by atoms with Crippen LogP contribution in [0.3, 0.4) is 0 Å². The highest BCUT2D eigenvalue weighted by Gasteiger charge is 2.48. The summed E-state index contributed by atoms with van der Waals surface area (Å²) in [4.78, 5) is 40.6. The minimum absolute atomic E-state index is 0.167. The molecule has 152 valence electrons. The smallest absolute Gasteiger partial charge is 0.233 e. The zero-order chi connectivity index (χ0) is 20.8. The Bertz CT molecular complexity index is 1140. The van der Waals surface area contributed by atoms with Gasteiger partial charge >= 0.3 is 0 Å². The van der Waals surface area contributed by atoms with E-state index in [2.05, 4.69) is 0 Å². The average molecular weight is 400 g/mol. The van der Waals surface area contributed by atoms with E-state index in [1.165, 1.54) is 4.90 Å². The third kappa shape index (κ3) is 2.80. The molecule has 1 aliphatic carbocycles. The van der Waals surface area contributed by atoms with Crippen LogP contribution in [0.2, 0.25) is 0 Å². The lowest BCUT2D eigenvalue weighted by atomic mass is 9.81. The van der Waals surface area contributed by atoms with Crippen molar-refractivity contribution in [3.63, 3.8) is 0 Å². The van der Waals surface area contributed by atoms with Crippen molar-refractivity contribution in [2.24, 2.45) is 18.9 Å². The van der Waals surface area contributed by atoms with Crippen LogP contribution in [-0.2, 0) is 16.6 Å². The quantitative estimate of drug-likeness (QED) is 0.487. The standard InChI is InChI=1S/C25H24N2O3/c1-26-20-14-8-7-13-19(20)22(23(26)16-9-3-2-4-10-16)21(28)15-27-24(29)17-11-5-6-12-18(17)25(27)30/h2-4,7-10,13-14,17-18H,5-6,11-12,15H2,1H3. The van der Waals surface area contributed by atoms with Gasteiger partial charge in [0.25, 0.3) is 0 Å². The van der Waals surface area contributed by atoms with Crippen molar-refractivity contribution in [1.82, 2.24) is 9.47 Å². The summed E-state index contributed by atoms with van der Waals surface area (Å²) in [5.74, 6) is -0.995. The predicted molar refractivity (Wildman–Crippen MR) is 115 cm³/mol. The number of imide groups is 1. The molecule has 1 saturated carbocycles. The molecular formula is C25H24N2O3. The molecule has 2 unspecified atom stereocenters. The Morgan fingerprint density at radius 3 is 2.17 bits per heavy atom. The Kier molecular flexibility index (Phi) is 4.54. The highest BCUT2D eigenvalue weighted by Crippen LogP contribution is 2.39. The fourth-order valence-electron chi connectivity index (χ4n) is 5.22. The van der Waals surface area contributed by atoms with E-state index in [-0.39, 0.29) is 36.0 Å². The van der Waals surface area contributed by atoms with E-state index in [1.54, 1.807) is 0 Å². The molecular weight excluding hydrogens is 376 g/mol. The number of para-hydroxylation sites is 1. The van der Waals surface area contributed by atoms with Crippen LogP contribution in [0.1, 0.15) is 36.0 Å². The second-order valence-corrected chi connectivity index (χ2v) is 8.35. The zero-order valence-corrected chi connectivity index (χ0v) is 17.0. The summed E-state index contributed by atoms with van der Waals surface area (Å²) < 4.78 is 2.02. The number of aromatic nitrogens is 1. The zero-order valence-electron chi connectivity index (χ0n) is 17.0. The normalized spacial score (nSPS) is 21.3. The molecule has 5 rings (SSSR count). The molecule has 2 heterocycles. The van der Waals surface area contributed by atoms with Crippen LogP contribution in [0.5, 0.6) is 0 Å². The van der Waals surface area contributed by atoms with Gasteiger partial charge in [-0.3, -0.25) is 19.3 Å². The van der Waals surface area contributed by atoms with Crippen molar-refractivity contribution in [2.45, 2.75) is 25.7 Å². The van der Waals surface area contributed by atoms with Gasteiger partial charge in [0.2, 0.25) is 11.8 Å². The number of benzene rings is 2. The molecule has 5 nitrogen and oxygen atoms in total. The fraction of sp³-hybridized carbons (Fsp3) is 0.320. The van der Waals surface area contributed by atoms with Crippen molar-refractivity contribution in [1.29, 1.82) is 0 Å². The van der Waals surface area contributed by atoms with E-state index in [0.29, 0.717) is 5.56 Å². The Labute approximate surface area is 175 Å². The van der Waals surface area contributed by atoms with Crippen molar-refractivity contribution < 1.29 is 14.4 Å². The number of carbonyl (C=O) groups excluding carboxylic acids is 3. The summed E-state index contributed by atoms with van der Waals surface area (Å²) in [6.45, 7) is -0.182. The number of likely N-dealkylation sites (tertiary alicyclic amines) is 1. The SMILES string of the molecule is Cn1c(-c2ccccc2)c(C(=O)CN2C(=O)C3CCCCC3C2=O)c2ccccc21. The number of carbonyl (C=O) groups is 3. The van der Waals surface area contributed by atoms with Gasteiger partial charge in [-0.05, 0) is 24.5 Å². The van der Waals surface area contributed by atoms with Crippen molar-refractivity contribution in [3.05, 3.63) is 60.2 Å². The lowest BCUT2D eigenvalue weighted by Gasteiger charge is -2.19. The summed E-state index contributed by atoms with van der Waals surface area (Å²) in [5, 5.41) is 0.848. The van der Waals surface area contributed by atoms with Crippen LogP contribution in [0.4, 0.5) is 0 Å². The fourth-order valence-corrected chi connectivity index (χ4v) is 5.22. The first-order valence-corrected chi connectivity index (χ1v) is 10.6. The topological polar surface area (TPSA) is 59.4 Å². The van der Waals surface area contributed by atoms with E-state index in [0.717, 1.165) is 47.8 Å². The number of nitrogens with zero attached hydrogens (tertiary/aromatic N) is 2. The summed E-state index contributed by atoms with van der Waals surface area (Å²) >= 11 is 0. The summed E-state index contributed by atoms with van der Waals surface area (Å²) in [7, 11) is 1.95. The molecule has 0 radical (unpaired) electrons. The largest absolute Gasteiger partial charge is 0.343 e. The van der Waals surface area contributed by atoms with Crippen LogP contribution < -0.4 is 0 Å². The monoisotopic (exact) mass is 400 g/mol. The molecule has 1 aliphatic heterocycles. The predicted octanol–water partition coefficient (Wildman–Crippen LogP) is 4.20. The van der Waals surface area contributed by atoms with Crippen LogP contribution in [0, 0.1) is 11.8 Å². The maximum Gasteiger partial charge on any atom is 0.233 e. The molecule has 1 aromatic heterocycles. The molecule has 2 fully saturated rings. The van der Waals surface area contributed by atoms with Gasteiger partial charge in [-0.1, -0.05) is 61.4 Å². The lowest BCUT2D eigenvalue weighted by Crippen LogP contribution is -2.36. The van der Waals surface area contributed by atoms with Crippen molar-refractivity contribution in [2.75, 3.05) is 6.54 Å². The first-order valence-electron chi connectivity index (χ1n) is 10.6. The second kappa shape index (κ2) is 7.24. The summed E-state index contributed by atoms with van der Waals surface area (Å²) in [6, 6.07) is 17.6. The molecule has 2 aromatic carbocycles. The first kappa shape index (κ1) is 18.8. The number of hydrogen-bond donors (Lipinski definition) is 0. The van der Waals surface area contributed by atoms with E-state index in [9.17, 15) is 14.4 Å². The molecule has 0 spiro atoms. The number of hydrogen-bond acceptors (Lipinski definition) is 3. The molecule has 2 atom stereocenters. The van der Waals surface area contributed by atoms with E-state index in [1.807, 2.05) is 66.2 Å². The van der Waals surface area contributed by atoms with Crippen molar-refractivity contribution >= 4 is 28.5 Å². The van der Waals surface area contributed by atoms with Crippen LogP contribution >= 0.6 is 0 Å². The molecule has 30 heavy (non-hydrogen) atoms. The highest BCUT2D eigenvalue weighted by molar-refractivity contribution is 6.17. The van der Waals surface area contributed by atoms with Crippen LogP contribution in [0.25, 0.3) is 22.2 Å². The van der Waals surface area contributed by atoms with Gasteiger partial charge < -0.3 is 4.57 Å². The Hall–Kier alpha value is -3.21. The minimum Gasteiger partial charge on any atom is -0.343 e.